The van der Waals surface area contributed by atoms with Crippen molar-refractivity contribution in [3.63, 3.8) is 0 Å². The summed E-state index contributed by atoms with van der Waals surface area (Å²) >= 11 is 14.9. The van der Waals surface area contributed by atoms with Crippen LogP contribution in [0.4, 0.5) is 4.39 Å². The maximum atomic E-state index is 15.2. The van der Waals surface area contributed by atoms with E-state index in [1.54, 1.807) is 24.3 Å². The van der Waals surface area contributed by atoms with E-state index >= 15 is 4.39 Å². The Morgan fingerprint density at radius 1 is 1.15 bits per heavy atom. The third-order valence-corrected chi connectivity index (χ3v) is 9.55. The highest BCUT2D eigenvalue weighted by Gasteiger charge is 2.52. The molecule has 0 aromatic heterocycles. The molecule has 2 N–H and O–H groups in total. The minimum Gasteiger partial charge on any atom is -0.351 e. The summed E-state index contributed by atoms with van der Waals surface area (Å²) in [5, 5.41) is 6.33. The van der Waals surface area contributed by atoms with Crippen LogP contribution in [0.15, 0.2) is 42.5 Å². The molecule has 0 unspecified atom stereocenters. The van der Waals surface area contributed by atoms with Crippen molar-refractivity contribution >= 4 is 57.6 Å². The Bertz CT molecular complexity index is 1010. The Balaban J connectivity index is 1.87. The van der Waals surface area contributed by atoms with Gasteiger partial charge in [0.2, 0.25) is 5.91 Å². The van der Waals surface area contributed by atoms with Gasteiger partial charge in [-0.3, -0.25) is 9.59 Å². The highest BCUT2D eigenvalue weighted by atomic mass is 127. The van der Waals surface area contributed by atoms with Gasteiger partial charge >= 0.3 is 0 Å². The summed E-state index contributed by atoms with van der Waals surface area (Å²) in [6.07, 6.45) is 4.12. The second-order valence-corrected chi connectivity index (χ2v) is 11.2. The van der Waals surface area contributed by atoms with Gasteiger partial charge in [-0.05, 0) is 66.1 Å². The number of alkyl halides is 1. The molecule has 1 aliphatic rings. The Morgan fingerprint density at radius 2 is 1.79 bits per heavy atom. The summed E-state index contributed by atoms with van der Waals surface area (Å²) in [6.45, 7) is 4.12. The standard InChI is InChI=1S/C25H28Cl2FIN2O2/c1-3-16(15-30-22(32)17-9-5-4-6-10-17)23(33)31-25(29,24(2)13-7-8-14-24)20-19(28)12-11-18(26)21(20)27/h4-6,9-12,16H,3,7-8,13-15H2,1-2H3,(H,30,32)(H,31,33)/t16-,25-/m1/s1. The number of carbonyl (C=O) groups is 2. The molecule has 33 heavy (non-hydrogen) atoms. The smallest absolute Gasteiger partial charge is 0.251 e. The first-order chi connectivity index (χ1) is 15.6. The molecular weight excluding hydrogens is 577 g/mol. The number of halogens is 4. The maximum Gasteiger partial charge on any atom is 0.251 e. The van der Waals surface area contributed by atoms with E-state index in [0.717, 1.165) is 25.7 Å². The molecule has 0 radical (unpaired) electrons. The van der Waals surface area contributed by atoms with E-state index in [1.165, 1.54) is 12.1 Å². The van der Waals surface area contributed by atoms with Crippen molar-refractivity contribution in [2.45, 2.75) is 49.5 Å². The Labute approximate surface area is 218 Å². The zero-order chi connectivity index (χ0) is 24.2. The third kappa shape index (κ3) is 5.49. The molecule has 2 aromatic rings. The summed E-state index contributed by atoms with van der Waals surface area (Å²) < 4.78 is 14.1. The monoisotopic (exact) mass is 604 g/mol. The predicted octanol–water partition coefficient (Wildman–Crippen LogP) is 6.87. The van der Waals surface area contributed by atoms with Crippen LogP contribution in [0, 0.1) is 17.2 Å². The summed E-state index contributed by atoms with van der Waals surface area (Å²) in [6, 6.07) is 11.6. The van der Waals surface area contributed by atoms with Crippen molar-refractivity contribution in [3.8, 4) is 0 Å². The molecule has 4 nitrogen and oxygen atoms in total. The maximum absolute atomic E-state index is 15.2. The molecule has 2 atom stereocenters. The third-order valence-electron chi connectivity index (χ3n) is 6.63. The number of hydrogen-bond acceptors (Lipinski definition) is 2. The largest absolute Gasteiger partial charge is 0.351 e. The van der Waals surface area contributed by atoms with Crippen molar-refractivity contribution in [2.24, 2.45) is 11.3 Å². The fourth-order valence-electron chi connectivity index (χ4n) is 4.46. The quantitative estimate of drug-likeness (QED) is 0.149. The zero-order valence-corrected chi connectivity index (χ0v) is 22.4. The van der Waals surface area contributed by atoms with Gasteiger partial charge < -0.3 is 10.6 Å². The van der Waals surface area contributed by atoms with E-state index in [9.17, 15) is 9.59 Å². The number of amides is 2. The van der Waals surface area contributed by atoms with Gasteiger partial charge in [0, 0.05) is 23.1 Å². The minimum absolute atomic E-state index is 0.116. The van der Waals surface area contributed by atoms with E-state index in [-0.39, 0.29) is 34.0 Å². The van der Waals surface area contributed by atoms with Gasteiger partial charge in [-0.15, -0.1) is 0 Å². The van der Waals surface area contributed by atoms with Crippen molar-refractivity contribution in [2.75, 3.05) is 6.54 Å². The Kier molecular flexibility index (Phi) is 8.67. The van der Waals surface area contributed by atoms with Crippen molar-refractivity contribution in [1.29, 1.82) is 0 Å². The topological polar surface area (TPSA) is 58.2 Å². The van der Waals surface area contributed by atoms with Crippen molar-refractivity contribution in [3.05, 3.63) is 69.5 Å². The molecule has 1 aliphatic carbocycles. The molecule has 1 saturated carbocycles. The summed E-state index contributed by atoms with van der Waals surface area (Å²) in [5.74, 6) is -1.49. The predicted molar refractivity (Wildman–Crippen MR) is 139 cm³/mol. The number of benzene rings is 2. The molecule has 0 bridgehead atoms. The Hall–Kier alpha value is -1.38. The summed E-state index contributed by atoms with van der Waals surface area (Å²) in [4.78, 5) is 25.9. The normalized spacial score (nSPS) is 17.8. The molecule has 2 aromatic carbocycles. The molecular formula is C25H28Cl2FIN2O2. The van der Waals surface area contributed by atoms with Crippen LogP contribution in [0.5, 0.6) is 0 Å². The van der Waals surface area contributed by atoms with Gasteiger partial charge in [0.05, 0.1) is 16.0 Å². The molecule has 0 saturated heterocycles. The molecule has 1 fully saturated rings. The van der Waals surface area contributed by atoms with Crippen LogP contribution in [0.1, 0.15) is 61.9 Å². The van der Waals surface area contributed by atoms with Crippen LogP contribution in [0.2, 0.25) is 10.0 Å². The second-order valence-electron chi connectivity index (χ2n) is 8.81. The van der Waals surface area contributed by atoms with Gasteiger partial charge in [0.1, 0.15) is 9.36 Å². The van der Waals surface area contributed by atoms with Crippen molar-refractivity contribution in [1.82, 2.24) is 10.6 Å². The first-order valence-corrected chi connectivity index (χ1v) is 12.9. The number of rotatable bonds is 8. The molecule has 178 valence electrons. The molecule has 0 aliphatic heterocycles. The Morgan fingerprint density at radius 3 is 2.39 bits per heavy atom. The van der Waals surface area contributed by atoms with Crippen LogP contribution in [-0.4, -0.2) is 18.4 Å². The number of carbonyl (C=O) groups excluding carboxylic acids is 2. The first kappa shape index (κ1) is 26.2. The van der Waals surface area contributed by atoms with Crippen LogP contribution in [0.3, 0.4) is 0 Å². The highest BCUT2D eigenvalue weighted by Crippen LogP contribution is 2.57. The fourth-order valence-corrected chi connectivity index (χ4v) is 6.40. The average Bonchev–Trinajstić information content (AvgIpc) is 3.25. The van der Waals surface area contributed by atoms with Gasteiger partial charge in [-0.25, -0.2) is 4.39 Å². The van der Waals surface area contributed by atoms with Crippen LogP contribution in [0.25, 0.3) is 0 Å². The lowest BCUT2D eigenvalue weighted by molar-refractivity contribution is -0.127. The molecule has 0 heterocycles. The number of nitrogens with one attached hydrogen (secondary N) is 2. The van der Waals surface area contributed by atoms with E-state index in [4.69, 9.17) is 23.2 Å². The van der Waals surface area contributed by atoms with Gasteiger partial charge in [0.15, 0.2) is 0 Å². The molecule has 0 spiro atoms. The fraction of sp³-hybridized carbons (Fsp3) is 0.440. The molecule has 8 heteroatoms. The SMILES string of the molecule is CC[C@H](CNC(=O)c1ccccc1)C(=O)N[C@](I)(c1c(F)ccc(Cl)c1Cl)C1(C)CCCC1. The van der Waals surface area contributed by atoms with Gasteiger partial charge in [-0.1, -0.05) is 68.1 Å². The summed E-state index contributed by atoms with van der Waals surface area (Å²) in [7, 11) is 0. The lowest BCUT2D eigenvalue weighted by Crippen LogP contribution is -2.54. The summed E-state index contributed by atoms with van der Waals surface area (Å²) in [5.41, 5.74) is 0.324. The van der Waals surface area contributed by atoms with Crippen LogP contribution < -0.4 is 10.6 Å². The minimum atomic E-state index is -1.10. The van der Waals surface area contributed by atoms with E-state index < -0.39 is 20.7 Å². The van der Waals surface area contributed by atoms with E-state index in [0.29, 0.717) is 12.0 Å². The van der Waals surface area contributed by atoms with Gasteiger partial charge in [0.25, 0.3) is 5.91 Å². The van der Waals surface area contributed by atoms with E-state index in [2.05, 4.69) is 40.1 Å². The van der Waals surface area contributed by atoms with Gasteiger partial charge in [-0.2, -0.15) is 0 Å². The second kappa shape index (κ2) is 10.9. The van der Waals surface area contributed by atoms with Crippen LogP contribution >= 0.6 is 45.8 Å². The molecule has 2 amide bonds. The lowest BCUT2D eigenvalue weighted by Gasteiger charge is -2.45. The number of hydrogen-bond donors (Lipinski definition) is 2. The van der Waals surface area contributed by atoms with Crippen LogP contribution in [-0.2, 0) is 8.34 Å². The van der Waals surface area contributed by atoms with Crippen molar-refractivity contribution < 1.29 is 14.0 Å². The highest BCUT2D eigenvalue weighted by molar-refractivity contribution is 14.1. The zero-order valence-electron chi connectivity index (χ0n) is 18.7. The molecule has 3 rings (SSSR count). The average molecular weight is 605 g/mol. The first-order valence-electron chi connectivity index (χ1n) is 11.1. The van der Waals surface area contributed by atoms with E-state index in [1.807, 2.05) is 13.0 Å². The lowest BCUT2D eigenvalue weighted by atomic mass is 9.76.